The molecule has 7 aromatic carbocycles. The Bertz CT molecular complexity index is 3850. The van der Waals surface area contributed by atoms with E-state index >= 15 is 0 Å². The van der Waals surface area contributed by atoms with Gasteiger partial charge in [-0.2, -0.15) is 0 Å². The molecule has 304 valence electrons. The summed E-state index contributed by atoms with van der Waals surface area (Å²) >= 11 is 0. The molecule has 0 fully saturated rings. The number of allylic oxidation sites excluding steroid dienone is 6. The van der Waals surface area contributed by atoms with E-state index in [2.05, 4.69) is 191 Å². The van der Waals surface area contributed by atoms with E-state index < -0.39 is 0 Å². The highest BCUT2D eigenvalue weighted by atomic mass is 16.3. The fourth-order valence-corrected chi connectivity index (χ4v) is 11.2. The lowest BCUT2D eigenvalue weighted by Crippen LogP contribution is -2.03. The van der Waals surface area contributed by atoms with Crippen LogP contribution in [0.1, 0.15) is 59.4 Å². The van der Waals surface area contributed by atoms with Crippen LogP contribution in [-0.4, -0.2) is 9.13 Å². The van der Waals surface area contributed by atoms with Crippen LogP contribution in [0.5, 0.6) is 0 Å². The second-order valence-corrected chi connectivity index (χ2v) is 17.8. The zero-order valence-electron chi connectivity index (χ0n) is 35.3. The Kier molecular flexibility index (Phi) is 7.73. The summed E-state index contributed by atoms with van der Waals surface area (Å²) in [5.41, 5.74) is 20.4. The van der Waals surface area contributed by atoms with Crippen LogP contribution in [0.3, 0.4) is 0 Å². The van der Waals surface area contributed by atoms with Crippen molar-refractivity contribution in [2.45, 2.75) is 38.5 Å². The Morgan fingerprint density at radius 2 is 1.11 bits per heavy atom. The molecule has 4 aromatic heterocycles. The van der Waals surface area contributed by atoms with E-state index in [0.29, 0.717) is 0 Å². The molecule has 14 rings (SSSR count). The van der Waals surface area contributed by atoms with E-state index in [1.807, 2.05) is 0 Å². The molecule has 0 saturated carbocycles. The monoisotopic (exact) mass is 822 g/mol. The SMILES string of the molecule is C1=Cc2c(c3ccccc3n2-c2ccc3oc4ccc(C5=CC(c6cccc(-c7ccc8oc9c(c8c7)C=C(n7c8ccccc8c8ccccc87)CC9)c6)=CCC5)cc4c3c2)CC1. The number of nitrogens with zero attached hydrogens (tertiary/aromatic N) is 2. The fraction of sp³-hybridized carbons (Fsp3) is 0.100. The predicted molar refractivity (Wildman–Crippen MR) is 267 cm³/mol. The van der Waals surface area contributed by atoms with E-state index in [-0.39, 0.29) is 0 Å². The van der Waals surface area contributed by atoms with Gasteiger partial charge in [-0.05, 0) is 150 Å². The first kappa shape index (κ1) is 35.7. The lowest BCUT2D eigenvalue weighted by Gasteiger charge is -2.16. The molecule has 0 bridgehead atoms. The van der Waals surface area contributed by atoms with Crippen molar-refractivity contribution in [3.63, 3.8) is 0 Å². The van der Waals surface area contributed by atoms with Gasteiger partial charge in [-0.3, -0.25) is 0 Å². The Morgan fingerprint density at radius 1 is 0.438 bits per heavy atom. The van der Waals surface area contributed by atoms with Gasteiger partial charge in [-0.1, -0.05) is 103 Å². The molecule has 0 N–H and O–H groups in total. The van der Waals surface area contributed by atoms with Crippen LogP contribution >= 0.6 is 0 Å². The van der Waals surface area contributed by atoms with Crippen molar-refractivity contribution >= 4 is 94.6 Å². The van der Waals surface area contributed by atoms with Gasteiger partial charge in [0.05, 0.1) is 16.6 Å². The van der Waals surface area contributed by atoms with Crippen molar-refractivity contribution < 1.29 is 8.83 Å². The molecule has 4 heteroatoms. The number of hydrogen-bond donors (Lipinski definition) is 0. The zero-order valence-corrected chi connectivity index (χ0v) is 35.3. The lowest BCUT2D eigenvalue weighted by atomic mass is 9.89. The predicted octanol–water partition coefficient (Wildman–Crippen LogP) is 16.2. The molecular formula is C60H42N2O2. The molecule has 0 unspecified atom stereocenters. The molecule has 4 nitrogen and oxygen atoms in total. The number of fused-ring (bicyclic) bond motifs is 12. The Balaban J connectivity index is 0.803. The molecular weight excluding hydrogens is 781 g/mol. The third-order valence-corrected chi connectivity index (χ3v) is 14.2. The Hall–Kier alpha value is -7.82. The van der Waals surface area contributed by atoms with Gasteiger partial charge in [0, 0.05) is 61.4 Å². The van der Waals surface area contributed by atoms with Crippen molar-refractivity contribution in [1.82, 2.24) is 9.13 Å². The van der Waals surface area contributed by atoms with Crippen LogP contribution in [0.25, 0.3) is 111 Å². The molecule has 3 aliphatic rings. The standard InChI is InChI=1S/C60H42N2O2/c1-5-19-53-45(15-1)46-16-2-6-20-54(46)61(53)43-25-29-59-51(35-43)49-33-41(23-27-57(49)63-59)39-13-9-11-37(31-39)38-12-10-14-40(32-38)42-24-28-58-50(34-42)52-36-44(26-30-60(52)64-58)62-55-21-7-3-17-47(55)48-18-4-8-22-56(48)62/h1-3,5-9,11-13,15-17,19-24,26-28,30-36H,4,10,14,18,25,29H2. The average molecular weight is 823 g/mol. The second kappa shape index (κ2) is 13.8. The Labute approximate surface area is 370 Å². The minimum Gasteiger partial charge on any atom is -0.460 e. The molecule has 64 heavy (non-hydrogen) atoms. The van der Waals surface area contributed by atoms with E-state index in [9.17, 15) is 0 Å². The highest BCUT2D eigenvalue weighted by molar-refractivity contribution is 6.11. The van der Waals surface area contributed by atoms with Gasteiger partial charge >= 0.3 is 0 Å². The number of aromatic nitrogens is 2. The van der Waals surface area contributed by atoms with Crippen molar-refractivity contribution in [2.24, 2.45) is 0 Å². The summed E-state index contributed by atoms with van der Waals surface area (Å²) < 4.78 is 17.9. The maximum atomic E-state index is 6.52. The number of para-hydroxylation sites is 3. The van der Waals surface area contributed by atoms with Gasteiger partial charge in [0.25, 0.3) is 0 Å². The maximum Gasteiger partial charge on any atom is 0.135 e. The minimum atomic E-state index is 0.875. The lowest BCUT2D eigenvalue weighted by molar-refractivity contribution is 0.546. The quantitative estimate of drug-likeness (QED) is 0.173. The molecule has 0 radical (unpaired) electrons. The molecule has 0 spiro atoms. The number of benzene rings is 7. The van der Waals surface area contributed by atoms with E-state index in [1.165, 1.54) is 99.7 Å². The van der Waals surface area contributed by atoms with Gasteiger partial charge in [0.15, 0.2) is 0 Å². The molecule has 0 amide bonds. The highest BCUT2D eigenvalue weighted by Gasteiger charge is 2.23. The molecule has 0 aliphatic heterocycles. The number of rotatable bonds is 5. The molecule has 4 heterocycles. The summed E-state index contributed by atoms with van der Waals surface area (Å²) in [5, 5.41) is 7.40. The van der Waals surface area contributed by atoms with Crippen LogP contribution in [0.15, 0.2) is 179 Å². The first-order valence-electron chi connectivity index (χ1n) is 22.7. The number of furan rings is 2. The molecule has 11 aromatic rings. The largest absolute Gasteiger partial charge is 0.460 e. The molecule has 0 atom stereocenters. The summed E-state index contributed by atoms with van der Waals surface area (Å²) in [4.78, 5) is 0. The van der Waals surface area contributed by atoms with Gasteiger partial charge < -0.3 is 18.0 Å². The third-order valence-electron chi connectivity index (χ3n) is 14.2. The zero-order chi connectivity index (χ0) is 41.9. The minimum absolute atomic E-state index is 0.875. The van der Waals surface area contributed by atoms with Crippen LogP contribution < -0.4 is 0 Å². The summed E-state index contributed by atoms with van der Waals surface area (Å²) in [6.45, 7) is 0. The maximum absolute atomic E-state index is 6.52. The summed E-state index contributed by atoms with van der Waals surface area (Å²) in [6.07, 6.45) is 17.7. The third kappa shape index (κ3) is 5.42. The van der Waals surface area contributed by atoms with E-state index in [0.717, 1.165) is 71.8 Å². The average Bonchev–Trinajstić information content (AvgIpc) is 4.11. The highest BCUT2D eigenvalue weighted by Crippen LogP contribution is 2.42. The van der Waals surface area contributed by atoms with Crippen LogP contribution in [-0.2, 0) is 12.8 Å². The summed E-state index contributed by atoms with van der Waals surface area (Å²) in [7, 11) is 0. The number of aryl methyl sites for hydroxylation is 2. The first-order chi connectivity index (χ1) is 31.7. The van der Waals surface area contributed by atoms with Crippen molar-refractivity contribution in [1.29, 1.82) is 0 Å². The van der Waals surface area contributed by atoms with Crippen LogP contribution in [0.2, 0.25) is 0 Å². The van der Waals surface area contributed by atoms with E-state index in [4.69, 9.17) is 8.83 Å². The second-order valence-electron chi connectivity index (χ2n) is 17.8. The van der Waals surface area contributed by atoms with Gasteiger partial charge in [0.1, 0.15) is 22.5 Å². The Morgan fingerprint density at radius 3 is 1.94 bits per heavy atom. The summed E-state index contributed by atoms with van der Waals surface area (Å²) in [5.74, 6) is 1.07. The topological polar surface area (TPSA) is 36.1 Å². The normalized spacial score (nSPS) is 15.0. The van der Waals surface area contributed by atoms with Gasteiger partial charge in [-0.15, -0.1) is 0 Å². The van der Waals surface area contributed by atoms with E-state index in [1.54, 1.807) is 0 Å². The van der Waals surface area contributed by atoms with Gasteiger partial charge in [0.2, 0.25) is 0 Å². The van der Waals surface area contributed by atoms with Crippen molar-refractivity contribution in [3.05, 3.63) is 204 Å². The molecule has 3 aliphatic carbocycles. The van der Waals surface area contributed by atoms with Gasteiger partial charge in [-0.25, -0.2) is 0 Å². The first-order valence-corrected chi connectivity index (χ1v) is 22.7. The molecule has 0 saturated heterocycles. The number of hydrogen-bond acceptors (Lipinski definition) is 2. The van der Waals surface area contributed by atoms with Crippen molar-refractivity contribution in [3.8, 4) is 16.8 Å². The smallest absolute Gasteiger partial charge is 0.135 e. The summed E-state index contributed by atoms with van der Waals surface area (Å²) in [6, 6.07) is 55.5. The van der Waals surface area contributed by atoms with Crippen LogP contribution in [0.4, 0.5) is 0 Å². The van der Waals surface area contributed by atoms with Crippen LogP contribution in [0, 0.1) is 0 Å². The van der Waals surface area contributed by atoms with Crippen molar-refractivity contribution in [2.75, 3.05) is 0 Å². The fourth-order valence-electron chi connectivity index (χ4n) is 11.2.